The highest BCUT2D eigenvalue weighted by Crippen LogP contribution is 2.22. The van der Waals surface area contributed by atoms with Crippen LogP contribution in [-0.4, -0.2) is 22.9 Å². The monoisotopic (exact) mass is 344 g/mol. The minimum absolute atomic E-state index is 0.140. The van der Waals surface area contributed by atoms with Gasteiger partial charge >= 0.3 is 6.03 Å². The van der Waals surface area contributed by atoms with Crippen molar-refractivity contribution in [3.05, 3.63) is 83.9 Å². The van der Waals surface area contributed by atoms with E-state index in [1.54, 1.807) is 0 Å². The summed E-state index contributed by atoms with van der Waals surface area (Å²) in [6.07, 6.45) is 1.38. The van der Waals surface area contributed by atoms with Gasteiger partial charge in [-0.05, 0) is 34.7 Å². The van der Waals surface area contributed by atoms with Gasteiger partial charge in [0.2, 0.25) is 0 Å². The molecule has 1 N–H and O–H groups in total. The van der Waals surface area contributed by atoms with Gasteiger partial charge in [-0.2, -0.15) is 0 Å². The van der Waals surface area contributed by atoms with Crippen molar-refractivity contribution in [3.63, 3.8) is 0 Å². The molecule has 0 radical (unpaired) electrons. The van der Waals surface area contributed by atoms with Crippen LogP contribution in [0, 0.1) is 0 Å². The first-order chi connectivity index (χ1) is 12.7. The van der Waals surface area contributed by atoms with E-state index in [0.29, 0.717) is 13.0 Å². The van der Waals surface area contributed by atoms with Crippen molar-refractivity contribution in [1.82, 2.24) is 10.2 Å². The van der Waals surface area contributed by atoms with E-state index in [0.717, 1.165) is 22.8 Å². The van der Waals surface area contributed by atoms with Gasteiger partial charge in [0.15, 0.2) is 0 Å². The Morgan fingerprint density at radius 3 is 2.42 bits per heavy atom. The fraction of sp³-hybridized carbons (Fsp3) is 0.182. The van der Waals surface area contributed by atoms with Crippen molar-refractivity contribution in [2.24, 2.45) is 0 Å². The van der Waals surface area contributed by atoms with Gasteiger partial charge < -0.3 is 5.32 Å². The number of carbonyl (C=O) groups is 2. The maximum atomic E-state index is 12.7. The minimum Gasteiger partial charge on any atom is -0.326 e. The number of benzene rings is 3. The van der Waals surface area contributed by atoms with E-state index < -0.39 is 6.04 Å². The zero-order valence-electron chi connectivity index (χ0n) is 14.4. The zero-order chi connectivity index (χ0) is 17.9. The lowest BCUT2D eigenvalue weighted by molar-refractivity contribution is -0.127. The van der Waals surface area contributed by atoms with Crippen molar-refractivity contribution in [2.75, 3.05) is 0 Å². The third-order valence-electron chi connectivity index (χ3n) is 4.88. The Labute approximate surface area is 152 Å². The second-order valence-corrected chi connectivity index (χ2v) is 6.59. The van der Waals surface area contributed by atoms with Gasteiger partial charge in [-0.15, -0.1) is 0 Å². The lowest BCUT2D eigenvalue weighted by Gasteiger charge is -2.15. The Kier molecular flexibility index (Phi) is 4.40. The average molecular weight is 344 g/mol. The first kappa shape index (κ1) is 16.3. The van der Waals surface area contributed by atoms with E-state index in [-0.39, 0.29) is 11.9 Å². The highest BCUT2D eigenvalue weighted by Gasteiger charge is 2.37. The Morgan fingerprint density at radius 1 is 0.846 bits per heavy atom. The largest absolute Gasteiger partial charge is 0.326 e. The second-order valence-electron chi connectivity index (χ2n) is 6.59. The summed E-state index contributed by atoms with van der Waals surface area (Å²) in [5.41, 5.74) is 2.15. The lowest BCUT2D eigenvalue weighted by Crippen LogP contribution is -2.31. The SMILES string of the molecule is O=C1N[C@@H](CCc2ccccc2)C(=O)N1Cc1cccc2ccccc12. The Bertz CT molecular complexity index is 947. The molecule has 130 valence electrons. The van der Waals surface area contributed by atoms with Crippen LogP contribution in [0.5, 0.6) is 0 Å². The lowest BCUT2D eigenvalue weighted by atomic mass is 10.0. The maximum Gasteiger partial charge on any atom is 0.325 e. The zero-order valence-corrected chi connectivity index (χ0v) is 14.4. The summed E-state index contributed by atoms with van der Waals surface area (Å²) >= 11 is 0. The molecular weight excluding hydrogens is 324 g/mol. The predicted octanol–water partition coefficient (Wildman–Crippen LogP) is 3.89. The van der Waals surface area contributed by atoms with Gasteiger partial charge in [0.25, 0.3) is 5.91 Å². The highest BCUT2D eigenvalue weighted by molar-refractivity contribution is 6.04. The molecular formula is C22H20N2O2. The van der Waals surface area contributed by atoms with E-state index in [1.807, 2.05) is 72.8 Å². The molecule has 3 aromatic rings. The quantitative estimate of drug-likeness (QED) is 0.714. The number of hydrogen-bond donors (Lipinski definition) is 1. The Balaban J connectivity index is 1.49. The standard InChI is InChI=1S/C22H20N2O2/c25-21-20(14-13-16-7-2-1-3-8-16)23-22(26)24(21)15-18-11-6-10-17-9-4-5-12-19(17)18/h1-12,20H,13-15H2,(H,23,26)/t20-/m0/s1. The predicted molar refractivity (Wildman–Crippen MR) is 102 cm³/mol. The molecule has 1 atom stereocenters. The van der Waals surface area contributed by atoms with Crippen molar-refractivity contribution in [1.29, 1.82) is 0 Å². The van der Waals surface area contributed by atoms with Gasteiger partial charge in [0, 0.05) is 0 Å². The van der Waals surface area contributed by atoms with E-state index in [9.17, 15) is 9.59 Å². The number of imide groups is 1. The summed E-state index contributed by atoms with van der Waals surface area (Å²) in [6.45, 7) is 0.299. The molecule has 1 saturated heterocycles. The number of hydrogen-bond acceptors (Lipinski definition) is 2. The van der Waals surface area contributed by atoms with Crippen LogP contribution in [0.25, 0.3) is 10.8 Å². The molecule has 1 aliphatic heterocycles. The number of carbonyl (C=O) groups excluding carboxylic acids is 2. The van der Waals surface area contributed by atoms with Crippen LogP contribution in [0.1, 0.15) is 17.5 Å². The third kappa shape index (κ3) is 3.18. The second kappa shape index (κ2) is 7.00. The Hall–Kier alpha value is -3.14. The minimum atomic E-state index is -0.447. The molecule has 1 fully saturated rings. The van der Waals surface area contributed by atoms with Gasteiger partial charge in [0.05, 0.1) is 6.54 Å². The van der Waals surface area contributed by atoms with Crippen molar-refractivity contribution >= 4 is 22.7 Å². The van der Waals surface area contributed by atoms with E-state index >= 15 is 0 Å². The van der Waals surface area contributed by atoms with Crippen LogP contribution in [0.15, 0.2) is 72.8 Å². The summed E-state index contributed by atoms with van der Waals surface area (Å²) < 4.78 is 0. The molecule has 1 aliphatic rings. The van der Waals surface area contributed by atoms with Gasteiger partial charge in [0.1, 0.15) is 6.04 Å². The van der Waals surface area contributed by atoms with Gasteiger partial charge in [-0.25, -0.2) is 4.79 Å². The number of fused-ring (bicyclic) bond motifs is 1. The van der Waals surface area contributed by atoms with Crippen LogP contribution in [0.4, 0.5) is 4.79 Å². The molecule has 0 saturated carbocycles. The number of amides is 3. The topological polar surface area (TPSA) is 49.4 Å². The van der Waals surface area contributed by atoms with E-state index in [1.165, 1.54) is 10.5 Å². The van der Waals surface area contributed by atoms with Crippen LogP contribution in [0.2, 0.25) is 0 Å². The molecule has 0 aliphatic carbocycles. The molecule has 1 heterocycles. The molecule has 0 unspecified atom stereocenters. The molecule has 4 heteroatoms. The van der Waals surface area contributed by atoms with Crippen molar-refractivity contribution < 1.29 is 9.59 Å². The summed E-state index contributed by atoms with van der Waals surface area (Å²) in [5.74, 6) is -0.140. The summed E-state index contributed by atoms with van der Waals surface area (Å²) in [6, 6.07) is 23.2. The summed E-state index contributed by atoms with van der Waals surface area (Å²) in [5, 5.41) is 5.01. The van der Waals surface area contributed by atoms with Crippen molar-refractivity contribution in [2.45, 2.75) is 25.4 Å². The summed E-state index contributed by atoms with van der Waals surface area (Å²) in [4.78, 5) is 26.4. The number of nitrogens with one attached hydrogen (secondary N) is 1. The molecule has 3 amide bonds. The fourth-order valence-corrected chi connectivity index (χ4v) is 3.48. The van der Waals surface area contributed by atoms with Crippen LogP contribution in [0.3, 0.4) is 0 Å². The maximum absolute atomic E-state index is 12.7. The van der Waals surface area contributed by atoms with Crippen LogP contribution in [-0.2, 0) is 17.8 Å². The van der Waals surface area contributed by atoms with Gasteiger partial charge in [-0.3, -0.25) is 9.69 Å². The molecule has 3 aromatic carbocycles. The molecule has 4 rings (SSSR count). The van der Waals surface area contributed by atoms with Crippen molar-refractivity contribution in [3.8, 4) is 0 Å². The molecule has 26 heavy (non-hydrogen) atoms. The normalized spacial score (nSPS) is 16.9. The molecule has 0 aromatic heterocycles. The fourth-order valence-electron chi connectivity index (χ4n) is 3.48. The molecule has 4 nitrogen and oxygen atoms in total. The van der Waals surface area contributed by atoms with Crippen LogP contribution >= 0.6 is 0 Å². The van der Waals surface area contributed by atoms with Gasteiger partial charge in [-0.1, -0.05) is 72.8 Å². The highest BCUT2D eigenvalue weighted by atomic mass is 16.2. The number of aryl methyl sites for hydroxylation is 1. The smallest absolute Gasteiger partial charge is 0.325 e. The number of rotatable bonds is 5. The van der Waals surface area contributed by atoms with E-state index in [2.05, 4.69) is 5.32 Å². The number of nitrogens with zero attached hydrogens (tertiary/aromatic N) is 1. The first-order valence-electron chi connectivity index (χ1n) is 8.85. The average Bonchev–Trinajstić information content (AvgIpc) is 2.95. The number of urea groups is 1. The molecule has 0 spiro atoms. The van der Waals surface area contributed by atoms with E-state index in [4.69, 9.17) is 0 Å². The molecule has 0 bridgehead atoms. The first-order valence-corrected chi connectivity index (χ1v) is 8.85. The third-order valence-corrected chi connectivity index (χ3v) is 4.88. The Morgan fingerprint density at radius 2 is 1.58 bits per heavy atom. The summed E-state index contributed by atoms with van der Waals surface area (Å²) in [7, 11) is 0. The van der Waals surface area contributed by atoms with Crippen LogP contribution < -0.4 is 5.32 Å².